The van der Waals surface area contributed by atoms with Crippen LogP contribution in [0.2, 0.25) is 0 Å². The summed E-state index contributed by atoms with van der Waals surface area (Å²) in [7, 11) is 5.26. The molecule has 2 heterocycles. The Bertz CT molecular complexity index is 766. The molecule has 0 radical (unpaired) electrons. The molecule has 6 nitrogen and oxygen atoms in total. The normalized spacial score (nSPS) is 15.5. The van der Waals surface area contributed by atoms with Gasteiger partial charge in [0.15, 0.2) is 11.5 Å². The van der Waals surface area contributed by atoms with Gasteiger partial charge in [0.25, 0.3) is 0 Å². The van der Waals surface area contributed by atoms with Gasteiger partial charge in [-0.3, -0.25) is 9.69 Å². The molecule has 1 N–H and O–H groups in total. The highest BCUT2D eigenvalue weighted by molar-refractivity contribution is 5.78. The van der Waals surface area contributed by atoms with E-state index < -0.39 is 0 Å². The molecular formula is C21H29N3O3. The Kier molecular flexibility index (Phi) is 6.40. The lowest BCUT2D eigenvalue weighted by molar-refractivity contribution is -0.120. The Hall–Kier alpha value is -2.47. The zero-order valence-corrected chi connectivity index (χ0v) is 16.4. The van der Waals surface area contributed by atoms with Crippen LogP contribution >= 0.6 is 0 Å². The summed E-state index contributed by atoms with van der Waals surface area (Å²) in [5, 5.41) is 3.12. The molecule has 1 aromatic carbocycles. The van der Waals surface area contributed by atoms with E-state index >= 15 is 0 Å². The standard InChI is InChI=1S/C21H29N3O3/c1-23-10-6-7-17(23)18(24-11-4-5-12-24)15-22-21(25)14-16-8-9-19(26-2)20(13-16)27-3/h6-10,13,18H,4-5,11-12,14-15H2,1-3H3,(H,22,25). The second-order valence-electron chi connectivity index (χ2n) is 6.97. The lowest BCUT2D eigenvalue weighted by Gasteiger charge is -2.28. The van der Waals surface area contributed by atoms with Crippen LogP contribution in [0, 0.1) is 0 Å². The first kappa shape index (κ1) is 19.3. The summed E-state index contributed by atoms with van der Waals surface area (Å²) in [6.07, 6.45) is 4.82. The number of benzene rings is 1. The van der Waals surface area contributed by atoms with E-state index in [1.165, 1.54) is 18.5 Å². The highest BCUT2D eigenvalue weighted by atomic mass is 16.5. The van der Waals surface area contributed by atoms with E-state index in [1.54, 1.807) is 14.2 Å². The third kappa shape index (κ3) is 4.63. The summed E-state index contributed by atoms with van der Waals surface area (Å²) in [6, 6.07) is 10.00. The van der Waals surface area contributed by atoms with E-state index in [1.807, 2.05) is 18.2 Å². The number of hydrogen-bond donors (Lipinski definition) is 1. The predicted molar refractivity (Wildman–Crippen MR) is 105 cm³/mol. The first-order valence-electron chi connectivity index (χ1n) is 9.45. The maximum Gasteiger partial charge on any atom is 0.224 e. The Morgan fingerprint density at radius 3 is 2.52 bits per heavy atom. The molecule has 1 amide bonds. The summed E-state index contributed by atoms with van der Waals surface area (Å²) >= 11 is 0. The van der Waals surface area contributed by atoms with Gasteiger partial charge in [-0.2, -0.15) is 0 Å². The average Bonchev–Trinajstić information content (AvgIpc) is 3.34. The van der Waals surface area contributed by atoms with Gasteiger partial charge >= 0.3 is 0 Å². The SMILES string of the molecule is COc1ccc(CC(=O)NCC(c2cccn2C)N2CCCC2)cc1OC. The molecular weight excluding hydrogens is 342 g/mol. The van der Waals surface area contributed by atoms with Crippen molar-refractivity contribution >= 4 is 5.91 Å². The highest BCUT2D eigenvalue weighted by Crippen LogP contribution is 2.28. The third-order valence-corrected chi connectivity index (χ3v) is 5.21. The number of rotatable bonds is 8. The Morgan fingerprint density at radius 2 is 1.89 bits per heavy atom. The number of hydrogen-bond acceptors (Lipinski definition) is 4. The molecule has 1 aromatic heterocycles. The molecule has 0 bridgehead atoms. The average molecular weight is 371 g/mol. The molecule has 1 aliphatic rings. The number of carbonyl (C=O) groups is 1. The first-order valence-corrected chi connectivity index (χ1v) is 9.45. The molecule has 146 valence electrons. The second kappa shape index (κ2) is 8.95. The lowest BCUT2D eigenvalue weighted by atomic mass is 10.1. The van der Waals surface area contributed by atoms with Gasteiger partial charge in [-0.1, -0.05) is 6.07 Å². The molecule has 6 heteroatoms. The zero-order valence-electron chi connectivity index (χ0n) is 16.4. The van der Waals surface area contributed by atoms with E-state index in [2.05, 4.69) is 40.2 Å². The number of nitrogens with one attached hydrogen (secondary N) is 1. The van der Waals surface area contributed by atoms with Crippen molar-refractivity contribution in [2.75, 3.05) is 33.9 Å². The molecule has 0 spiro atoms. The quantitative estimate of drug-likeness (QED) is 0.775. The monoisotopic (exact) mass is 371 g/mol. The van der Waals surface area contributed by atoms with Gasteiger partial charge in [0.2, 0.25) is 5.91 Å². The van der Waals surface area contributed by atoms with Gasteiger partial charge in [-0.25, -0.2) is 0 Å². The van der Waals surface area contributed by atoms with Crippen LogP contribution in [0.5, 0.6) is 11.5 Å². The molecule has 1 unspecified atom stereocenters. The second-order valence-corrected chi connectivity index (χ2v) is 6.97. The topological polar surface area (TPSA) is 55.7 Å². The van der Waals surface area contributed by atoms with E-state index in [4.69, 9.17) is 9.47 Å². The molecule has 1 saturated heterocycles. The van der Waals surface area contributed by atoms with Crippen molar-refractivity contribution in [2.45, 2.75) is 25.3 Å². The molecule has 1 aliphatic heterocycles. The molecule has 27 heavy (non-hydrogen) atoms. The predicted octanol–water partition coefficient (Wildman–Crippen LogP) is 2.54. The summed E-state index contributed by atoms with van der Waals surface area (Å²) in [6.45, 7) is 2.78. The molecule has 0 saturated carbocycles. The number of methoxy groups -OCH3 is 2. The van der Waals surface area contributed by atoms with Crippen molar-refractivity contribution in [3.8, 4) is 11.5 Å². The summed E-state index contributed by atoms with van der Waals surface area (Å²) in [4.78, 5) is 15.0. The number of aryl methyl sites for hydroxylation is 1. The number of ether oxygens (including phenoxy) is 2. The van der Waals surface area contributed by atoms with Gasteiger partial charge < -0.3 is 19.4 Å². The molecule has 0 aliphatic carbocycles. The number of likely N-dealkylation sites (tertiary alicyclic amines) is 1. The minimum atomic E-state index is 0.0145. The van der Waals surface area contributed by atoms with Gasteiger partial charge in [-0.05, 0) is 55.8 Å². The van der Waals surface area contributed by atoms with E-state index in [0.717, 1.165) is 18.7 Å². The van der Waals surface area contributed by atoms with Crippen molar-refractivity contribution in [2.24, 2.45) is 7.05 Å². The number of aromatic nitrogens is 1. The fraction of sp³-hybridized carbons (Fsp3) is 0.476. The van der Waals surface area contributed by atoms with E-state index in [9.17, 15) is 4.79 Å². The molecule has 3 rings (SSSR count). The van der Waals surface area contributed by atoms with Crippen LogP contribution in [-0.2, 0) is 18.3 Å². The van der Waals surface area contributed by atoms with Crippen molar-refractivity contribution in [1.29, 1.82) is 0 Å². The van der Waals surface area contributed by atoms with Crippen molar-refractivity contribution in [3.63, 3.8) is 0 Å². The fourth-order valence-corrected chi connectivity index (χ4v) is 3.74. The largest absolute Gasteiger partial charge is 0.493 e. The van der Waals surface area contributed by atoms with Crippen molar-refractivity contribution in [3.05, 3.63) is 47.8 Å². The van der Waals surface area contributed by atoms with Gasteiger partial charge in [0.1, 0.15) is 0 Å². The van der Waals surface area contributed by atoms with Gasteiger partial charge in [0.05, 0.1) is 26.7 Å². The van der Waals surface area contributed by atoms with Crippen LogP contribution in [0.1, 0.15) is 30.1 Å². The van der Waals surface area contributed by atoms with Crippen LogP contribution in [0.4, 0.5) is 0 Å². The Balaban J connectivity index is 1.63. The summed E-state index contributed by atoms with van der Waals surface area (Å²) < 4.78 is 12.7. The van der Waals surface area contributed by atoms with Crippen LogP contribution in [0.3, 0.4) is 0 Å². The summed E-state index contributed by atoms with van der Waals surface area (Å²) in [5.74, 6) is 1.32. The Labute approximate surface area is 161 Å². The fourth-order valence-electron chi connectivity index (χ4n) is 3.74. The molecule has 1 atom stereocenters. The van der Waals surface area contributed by atoms with Crippen LogP contribution in [0.25, 0.3) is 0 Å². The maximum atomic E-state index is 12.5. The molecule has 2 aromatic rings. The van der Waals surface area contributed by atoms with Crippen LogP contribution in [0.15, 0.2) is 36.5 Å². The van der Waals surface area contributed by atoms with E-state index in [0.29, 0.717) is 24.5 Å². The zero-order chi connectivity index (χ0) is 19.2. The number of nitrogens with zero attached hydrogens (tertiary/aromatic N) is 2. The van der Waals surface area contributed by atoms with Crippen LogP contribution in [-0.4, -0.2) is 49.2 Å². The van der Waals surface area contributed by atoms with Gasteiger partial charge in [-0.15, -0.1) is 0 Å². The first-order chi connectivity index (χ1) is 13.1. The third-order valence-electron chi connectivity index (χ3n) is 5.21. The number of amides is 1. The van der Waals surface area contributed by atoms with Crippen LogP contribution < -0.4 is 14.8 Å². The minimum absolute atomic E-state index is 0.0145. The molecule has 1 fully saturated rings. The van der Waals surface area contributed by atoms with Gasteiger partial charge in [0, 0.05) is 25.5 Å². The highest BCUT2D eigenvalue weighted by Gasteiger charge is 2.25. The minimum Gasteiger partial charge on any atom is -0.493 e. The Morgan fingerprint density at radius 1 is 1.15 bits per heavy atom. The summed E-state index contributed by atoms with van der Waals surface area (Å²) in [5.41, 5.74) is 2.14. The lowest BCUT2D eigenvalue weighted by Crippen LogP contribution is -2.38. The van der Waals surface area contributed by atoms with Crippen molar-refractivity contribution in [1.82, 2.24) is 14.8 Å². The maximum absolute atomic E-state index is 12.5. The smallest absolute Gasteiger partial charge is 0.224 e. The van der Waals surface area contributed by atoms with E-state index in [-0.39, 0.29) is 11.9 Å². The number of carbonyl (C=O) groups excluding carboxylic acids is 1. The van der Waals surface area contributed by atoms with Crippen molar-refractivity contribution < 1.29 is 14.3 Å².